The number of carbonyl (C=O) groups excluding carboxylic acids is 3. The number of carbonyl (C=O) groups is 3. The van der Waals surface area contributed by atoms with Crippen LogP contribution in [0.2, 0.25) is 0 Å². The van der Waals surface area contributed by atoms with Crippen molar-refractivity contribution in [3.8, 4) is 0 Å². The van der Waals surface area contributed by atoms with Crippen LogP contribution in [-0.2, 0) is 33.3 Å². The number of carboxylic acid groups (broad SMARTS) is 1. The van der Waals surface area contributed by atoms with Gasteiger partial charge in [-0.05, 0) is 51.4 Å². The molecule has 0 aliphatic heterocycles. The summed E-state index contributed by atoms with van der Waals surface area (Å²) in [6, 6.07) is 0. The van der Waals surface area contributed by atoms with Gasteiger partial charge in [-0.3, -0.25) is 9.59 Å². The van der Waals surface area contributed by atoms with Crippen molar-refractivity contribution in [1.82, 2.24) is 0 Å². The predicted octanol–water partition coefficient (Wildman–Crippen LogP) is 25.9. The Bertz CT molecular complexity index is 1720. The predicted molar refractivity (Wildman–Crippen MR) is 412 cm³/mol. The lowest BCUT2D eigenvalue weighted by Crippen LogP contribution is -2.44. The molecule has 96 heavy (non-hydrogen) atoms. The third kappa shape index (κ3) is 78.6. The molecule has 2 atom stereocenters. The Labute approximate surface area is 597 Å². The smallest absolute Gasteiger partial charge is 0.306 e. The van der Waals surface area contributed by atoms with Crippen molar-refractivity contribution in [1.29, 1.82) is 0 Å². The molecular formula is C87H163NO8. The summed E-state index contributed by atoms with van der Waals surface area (Å²) in [6.45, 7) is 4.72. The Morgan fingerprint density at radius 1 is 0.323 bits per heavy atom. The molecule has 2 unspecified atom stereocenters. The molecule has 0 fully saturated rings. The Morgan fingerprint density at radius 2 is 0.594 bits per heavy atom. The molecule has 0 aliphatic rings. The largest absolute Gasteiger partial charge is 0.545 e. The maximum absolute atomic E-state index is 13.0. The number of hydrogen-bond acceptors (Lipinski definition) is 8. The Balaban J connectivity index is 3.92. The van der Waals surface area contributed by atoms with E-state index in [-0.39, 0.29) is 32.2 Å². The van der Waals surface area contributed by atoms with Crippen LogP contribution in [0, 0.1) is 0 Å². The zero-order valence-corrected chi connectivity index (χ0v) is 64.8. The zero-order valence-electron chi connectivity index (χ0n) is 64.8. The Kier molecular flexibility index (Phi) is 75.7. The summed E-state index contributed by atoms with van der Waals surface area (Å²) in [7, 11) is 5.95. The van der Waals surface area contributed by atoms with Crippen molar-refractivity contribution in [3.05, 3.63) is 48.6 Å². The van der Waals surface area contributed by atoms with Crippen LogP contribution < -0.4 is 5.11 Å². The van der Waals surface area contributed by atoms with E-state index in [4.69, 9.17) is 18.9 Å². The van der Waals surface area contributed by atoms with Gasteiger partial charge in [-0.2, -0.15) is 0 Å². The number of carboxylic acids is 1. The Morgan fingerprint density at radius 3 is 0.885 bits per heavy atom. The molecule has 0 spiro atoms. The van der Waals surface area contributed by atoms with Crippen LogP contribution >= 0.6 is 0 Å². The molecule has 0 saturated carbocycles. The molecule has 9 heteroatoms. The van der Waals surface area contributed by atoms with Gasteiger partial charge in [0.1, 0.15) is 13.2 Å². The van der Waals surface area contributed by atoms with Gasteiger partial charge in [0.05, 0.1) is 40.3 Å². The van der Waals surface area contributed by atoms with Crippen LogP contribution in [0.25, 0.3) is 0 Å². The van der Waals surface area contributed by atoms with Gasteiger partial charge in [0.25, 0.3) is 0 Å². The lowest BCUT2D eigenvalue weighted by Gasteiger charge is -2.26. The number of nitrogens with zero attached hydrogens (tertiary/aromatic N) is 1. The summed E-state index contributed by atoms with van der Waals surface area (Å²) in [5.74, 6) is -2.25. The number of aliphatic carboxylic acids is 1. The number of ether oxygens (including phenoxy) is 4. The average molecular weight is 1350 g/mol. The summed E-state index contributed by atoms with van der Waals surface area (Å²) in [4.78, 5) is 37.6. The maximum Gasteiger partial charge on any atom is 0.306 e. The number of quaternary nitrogens is 1. The second-order valence-corrected chi connectivity index (χ2v) is 30.1. The van der Waals surface area contributed by atoms with Crippen LogP contribution in [-0.4, -0.2) is 82.3 Å². The Hall–Kier alpha value is -2.75. The molecule has 0 amide bonds. The number of unbranched alkanes of at least 4 members (excludes halogenated alkanes) is 57. The van der Waals surface area contributed by atoms with E-state index in [9.17, 15) is 19.5 Å². The summed E-state index contributed by atoms with van der Waals surface area (Å²) in [5, 5.41) is 11.9. The normalized spacial score (nSPS) is 12.8. The van der Waals surface area contributed by atoms with Crippen molar-refractivity contribution < 1.29 is 42.9 Å². The summed E-state index contributed by atoms with van der Waals surface area (Å²) in [6.07, 6.45) is 99.8. The van der Waals surface area contributed by atoms with Gasteiger partial charge in [-0.1, -0.05) is 416 Å². The van der Waals surface area contributed by atoms with E-state index in [1.54, 1.807) is 0 Å². The van der Waals surface area contributed by atoms with E-state index in [0.717, 1.165) is 64.2 Å². The van der Waals surface area contributed by atoms with Crippen molar-refractivity contribution in [2.45, 2.75) is 444 Å². The highest BCUT2D eigenvalue weighted by molar-refractivity contribution is 5.70. The fourth-order valence-corrected chi connectivity index (χ4v) is 12.9. The third-order valence-corrected chi connectivity index (χ3v) is 19.3. The van der Waals surface area contributed by atoms with Crippen molar-refractivity contribution in [2.24, 2.45) is 0 Å². The first-order valence-electron chi connectivity index (χ1n) is 42.3. The molecule has 0 aromatic heterocycles. The first-order chi connectivity index (χ1) is 47.1. The quantitative estimate of drug-likeness (QED) is 0.0195. The third-order valence-electron chi connectivity index (χ3n) is 19.3. The van der Waals surface area contributed by atoms with Gasteiger partial charge < -0.3 is 33.3 Å². The minimum absolute atomic E-state index is 0.151. The molecule has 0 bridgehead atoms. The molecule has 0 aromatic carbocycles. The molecule has 0 saturated heterocycles. The summed E-state index contributed by atoms with van der Waals surface area (Å²) >= 11 is 0. The van der Waals surface area contributed by atoms with Gasteiger partial charge in [0.15, 0.2) is 12.4 Å². The van der Waals surface area contributed by atoms with E-state index < -0.39 is 24.3 Å². The highest BCUT2D eigenvalue weighted by Crippen LogP contribution is 2.21. The SMILES string of the molecule is CC/C=C\C/C=C\C/C=C\C/C=C\CCCCCCCCCCCCCCCCCCCCCCC(=O)OC(COC(=O)CCCCCCCCCCCCCCCCCCCCCCCCCCCCCCCCCCCCCCCC)COC(OCC[N+](C)(C)C)C(=O)[O-]. The highest BCUT2D eigenvalue weighted by atomic mass is 16.7. The summed E-state index contributed by atoms with van der Waals surface area (Å²) in [5.41, 5.74) is 0. The molecule has 0 aromatic rings. The van der Waals surface area contributed by atoms with E-state index in [1.165, 1.54) is 340 Å². The molecule has 9 nitrogen and oxygen atoms in total. The molecule has 0 N–H and O–H groups in total. The second-order valence-electron chi connectivity index (χ2n) is 30.1. The van der Waals surface area contributed by atoms with Crippen molar-refractivity contribution >= 4 is 17.9 Å². The molecule has 0 radical (unpaired) electrons. The van der Waals surface area contributed by atoms with Gasteiger partial charge in [0, 0.05) is 12.8 Å². The molecule has 564 valence electrons. The van der Waals surface area contributed by atoms with Gasteiger partial charge in [0.2, 0.25) is 0 Å². The van der Waals surface area contributed by atoms with E-state index in [2.05, 4.69) is 62.5 Å². The topological polar surface area (TPSA) is 111 Å². The monoisotopic (exact) mass is 1350 g/mol. The van der Waals surface area contributed by atoms with E-state index >= 15 is 0 Å². The lowest BCUT2D eigenvalue weighted by atomic mass is 10.0. The maximum atomic E-state index is 13.0. The lowest BCUT2D eigenvalue weighted by molar-refractivity contribution is -0.870. The van der Waals surface area contributed by atoms with Crippen LogP contribution in [0.3, 0.4) is 0 Å². The standard InChI is InChI=1S/C87H163NO8/c1-6-8-10-12-14-16-18-20-22-24-26-28-30-32-34-36-38-40-41-42-43-44-46-47-49-51-53-55-57-59-61-63-65-67-69-71-73-75-77-84(89)94-81-83(82-95-87(86(91)92)93-80-79-88(3,4)5)96-85(90)78-76-74-72-70-68-66-64-62-60-58-56-54-52-50-48-45-39-37-35-33-31-29-27-25-23-21-19-17-15-13-11-9-7-2/h9,11,15,17,21,23,27,29,83,87H,6-8,10,12-14,16,18-20,22,24-26,28,30-82H2,1-5H3/b11-9-,17-15-,23-21-,29-27-. The van der Waals surface area contributed by atoms with Crippen LogP contribution in [0.4, 0.5) is 0 Å². The van der Waals surface area contributed by atoms with E-state index in [0.29, 0.717) is 17.4 Å². The minimum atomic E-state index is -1.62. The van der Waals surface area contributed by atoms with Crippen LogP contribution in [0.15, 0.2) is 48.6 Å². The molecule has 0 heterocycles. The molecule has 0 rings (SSSR count). The molecule has 0 aliphatic carbocycles. The minimum Gasteiger partial charge on any atom is -0.545 e. The summed E-state index contributed by atoms with van der Waals surface area (Å²) < 4.78 is 22.9. The first kappa shape index (κ1) is 93.2. The van der Waals surface area contributed by atoms with Gasteiger partial charge in [-0.15, -0.1) is 0 Å². The zero-order chi connectivity index (χ0) is 69.7. The van der Waals surface area contributed by atoms with Gasteiger partial charge >= 0.3 is 11.9 Å². The molecular weight excluding hydrogens is 1190 g/mol. The number of allylic oxidation sites excluding steroid dienone is 8. The average Bonchev–Trinajstić information content (AvgIpc) is 2.40. The fraction of sp³-hybridized carbons (Fsp3) is 0.874. The fourth-order valence-electron chi connectivity index (χ4n) is 12.9. The number of likely N-dealkylation sites (N-methyl/N-ethyl adjacent to an activating group) is 1. The van der Waals surface area contributed by atoms with Crippen LogP contribution in [0.1, 0.15) is 431 Å². The van der Waals surface area contributed by atoms with Crippen molar-refractivity contribution in [2.75, 3.05) is 47.5 Å². The van der Waals surface area contributed by atoms with E-state index in [1.807, 2.05) is 21.1 Å². The van der Waals surface area contributed by atoms with Crippen LogP contribution in [0.5, 0.6) is 0 Å². The number of hydrogen-bond donors (Lipinski definition) is 0. The number of rotatable bonds is 80. The highest BCUT2D eigenvalue weighted by Gasteiger charge is 2.22. The first-order valence-corrected chi connectivity index (χ1v) is 42.3. The van der Waals surface area contributed by atoms with Crippen molar-refractivity contribution in [3.63, 3.8) is 0 Å². The number of esters is 2. The second kappa shape index (κ2) is 78.0. The van der Waals surface area contributed by atoms with Gasteiger partial charge in [-0.25, -0.2) is 0 Å².